The molecule has 130 valence electrons. The molecule has 24 heavy (non-hydrogen) atoms. The summed E-state index contributed by atoms with van der Waals surface area (Å²) in [4.78, 5) is 26.1. The summed E-state index contributed by atoms with van der Waals surface area (Å²) in [6.45, 7) is 8.48. The van der Waals surface area contributed by atoms with Crippen LogP contribution in [0.3, 0.4) is 0 Å². The minimum atomic E-state index is -0.981. The van der Waals surface area contributed by atoms with Crippen LogP contribution in [-0.4, -0.2) is 47.1 Å². The number of fused-ring (bicyclic) bond motifs is 1. The van der Waals surface area contributed by atoms with E-state index in [-0.39, 0.29) is 18.4 Å². The summed E-state index contributed by atoms with van der Waals surface area (Å²) >= 11 is 0. The van der Waals surface area contributed by atoms with Crippen LogP contribution in [0.15, 0.2) is 0 Å². The first-order chi connectivity index (χ1) is 11.2. The molecular formula is C18H24N2O4. The van der Waals surface area contributed by atoms with Crippen LogP contribution in [-0.2, 0) is 16.0 Å². The number of phenolic OH excluding ortho intramolecular Hbond substituents is 1. The van der Waals surface area contributed by atoms with E-state index in [1.165, 1.54) is 0 Å². The van der Waals surface area contributed by atoms with E-state index in [4.69, 9.17) is 4.74 Å². The van der Waals surface area contributed by atoms with Gasteiger partial charge in [0.2, 0.25) is 5.91 Å². The number of nitrogens with one attached hydrogen (secondary N) is 1. The van der Waals surface area contributed by atoms with Crippen molar-refractivity contribution in [3.8, 4) is 11.5 Å². The summed E-state index contributed by atoms with van der Waals surface area (Å²) in [7, 11) is 0. The molecule has 2 aliphatic heterocycles. The third kappa shape index (κ3) is 2.50. The summed E-state index contributed by atoms with van der Waals surface area (Å²) < 4.78 is 6.18. The largest absolute Gasteiger partial charge is 0.507 e. The molecule has 1 unspecified atom stereocenters. The second-order valence-electron chi connectivity index (χ2n) is 6.94. The first-order valence-electron chi connectivity index (χ1n) is 8.31. The molecule has 0 radical (unpaired) electrons. The van der Waals surface area contributed by atoms with Gasteiger partial charge in [-0.2, -0.15) is 0 Å². The number of hydrogen-bond donors (Lipinski definition) is 2. The number of ether oxygens (including phenoxy) is 1. The highest BCUT2D eigenvalue weighted by Crippen LogP contribution is 2.43. The Balaban J connectivity index is 1.93. The molecule has 1 aromatic rings. The fourth-order valence-corrected chi connectivity index (χ4v) is 3.54. The number of phenols is 1. The Kier molecular flexibility index (Phi) is 3.94. The maximum absolute atomic E-state index is 12.9. The van der Waals surface area contributed by atoms with E-state index >= 15 is 0 Å². The van der Waals surface area contributed by atoms with Gasteiger partial charge in [-0.1, -0.05) is 0 Å². The summed E-state index contributed by atoms with van der Waals surface area (Å²) in [5.74, 6) is 0.719. The van der Waals surface area contributed by atoms with Crippen molar-refractivity contribution in [3.05, 3.63) is 22.3 Å². The summed E-state index contributed by atoms with van der Waals surface area (Å²) in [5, 5.41) is 13.0. The molecule has 0 saturated carbocycles. The zero-order chi connectivity index (χ0) is 17.6. The molecule has 0 spiro atoms. The van der Waals surface area contributed by atoms with Crippen LogP contribution in [0.25, 0.3) is 0 Å². The van der Waals surface area contributed by atoms with E-state index in [0.717, 1.165) is 22.3 Å². The first kappa shape index (κ1) is 16.6. The normalized spacial score (nSPS) is 23.3. The Morgan fingerprint density at radius 1 is 1.25 bits per heavy atom. The lowest BCUT2D eigenvalue weighted by molar-refractivity contribution is -0.152. The molecule has 0 aromatic heterocycles. The molecule has 3 rings (SSSR count). The minimum Gasteiger partial charge on any atom is -0.507 e. The Morgan fingerprint density at radius 2 is 1.96 bits per heavy atom. The van der Waals surface area contributed by atoms with Crippen molar-refractivity contribution in [1.29, 1.82) is 0 Å². The second-order valence-corrected chi connectivity index (χ2v) is 6.94. The number of nitrogens with zero attached hydrogens (tertiary/aromatic N) is 1. The quantitative estimate of drug-likeness (QED) is 0.814. The van der Waals surface area contributed by atoms with Gasteiger partial charge in [-0.3, -0.25) is 9.59 Å². The van der Waals surface area contributed by atoms with Crippen LogP contribution in [0.4, 0.5) is 0 Å². The molecule has 0 aliphatic carbocycles. The maximum Gasteiger partial charge on any atom is 0.267 e. The molecule has 1 aromatic carbocycles. The molecule has 2 amide bonds. The molecule has 2 heterocycles. The molecule has 2 aliphatic rings. The van der Waals surface area contributed by atoms with Gasteiger partial charge in [-0.15, -0.1) is 0 Å². The van der Waals surface area contributed by atoms with Gasteiger partial charge in [0.1, 0.15) is 11.5 Å². The van der Waals surface area contributed by atoms with Gasteiger partial charge < -0.3 is 20.1 Å². The third-order valence-corrected chi connectivity index (χ3v) is 5.30. The highest BCUT2D eigenvalue weighted by atomic mass is 16.5. The average Bonchev–Trinajstić information content (AvgIpc) is 2.57. The van der Waals surface area contributed by atoms with E-state index in [9.17, 15) is 14.7 Å². The second kappa shape index (κ2) is 5.69. The van der Waals surface area contributed by atoms with Crippen LogP contribution in [0, 0.1) is 20.8 Å². The maximum atomic E-state index is 12.9. The van der Waals surface area contributed by atoms with Crippen molar-refractivity contribution < 1.29 is 19.4 Å². The van der Waals surface area contributed by atoms with Gasteiger partial charge in [-0.05, 0) is 50.8 Å². The SMILES string of the molecule is Cc1c(C)c2c(c(C)c1O)CCC(C)(C(=O)N1CCNC(=O)C1)O2. The Morgan fingerprint density at radius 3 is 2.62 bits per heavy atom. The lowest BCUT2D eigenvalue weighted by Crippen LogP contribution is -2.58. The van der Waals surface area contributed by atoms with Crippen LogP contribution >= 0.6 is 0 Å². The zero-order valence-corrected chi connectivity index (χ0v) is 14.7. The van der Waals surface area contributed by atoms with Gasteiger partial charge in [0.25, 0.3) is 5.91 Å². The number of amides is 2. The summed E-state index contributed by atoms with van der Waals surface area (Å²) in [5.41, 5.74) is 2.45. The van der Waals surface area contributed by atoms with Crippen molar-refractivity contribution in [2.24, 2.45) is 0 Å². The molecule has 1 fully saturated rings. The van der Waals surface area contributed by atoms with E-state index in [0.29, 0.717) is 37.4 Å². The molecule has 0 bridgehead atoms. The Labute approximate surface area is 141 Å². The Bertz CT molecular complexity index is 728. The van der Waals surface area contributed by atoms with Gasteiger partial charge >= 0.3 is 0 Å². The van der Waals surface area contributed by atoms with Crippen molar-refractivity contribution in [2.75, 3.05) is 19.6 Å². The van der Waals surface area contributed by atoms with Crippen LogP contribution in [0.5, 0.6) is 11.5 Å². The highest BCUT2D eigenvalue weighted by Gasteiger charge is 2.43. The number of carbonyl (C=O) groups excluding carboxylic acids is 2. The van der Waals surface area contributed by atoms with E-state index in [1.54, 1.807) is 11.8 Å². The summed E-state index contributed by atoms with van der Waals surface area (Å²) in [6.07, 6.45) is 1.19. The van der Waals surface area contributed by atoms with Crippen LogP contribution in [0.2, 0.25) is 0 Å². The predicted octanol–water partition coefficient (Wildman–Crippen LogP) is 1.36. The van der Waals surface area contributed by atoms with Crippen LogP contribution < -0.4 is 10.1 Å². The van der Waals surface area contributed by atoms with Crippen molar-refractivity contribution in [2.45, 2.75) is 46.1 Å². The lowest BCUT2D eigenvalue weighted by Gasteiger charge is -2.40. The van der Waals surface area contributed by atoms with E-state index < -0.39 is 5.60 Å². The minimum absolute atomic E-state index is 0.0806. The molecule has 6 heteroatoms. The number of benzene rings is 1. The van der Waals surface area contributed by atoms with Gasteiger partial charge in [0.05, 0.1) is 6.54 Å². The van der Waals surface area contributed by atoms with E-state index in [1.807, 2.05) is 20.8 Å². The number of piperazine rings is 1. The van der Waals surface area contributed by atoms with Crippen molar-refractivity contribution in [3.63, 3.8) is 0 Å². The Hall–Kier alpha value is -2.24. The molecule has 1 saturated heterocycles. The number of aromatic hydroxyl groups is 1. The van der Waals surface area contributed by atoms with Crippen molar-refractivity contribution >= 4 is 11.8 Å². The standard InChI is InChI=1S/C18H24N2O4/c1-10-11(2)16-13(12(3)15(10)22)5-6-18(4,24-16)17(23)20-8-7-19-14(21)9-20/h22H,5-9H2,1-4H3,(H,19,21). The topological polar surface area (TPSA) is 78.9 Å². The monoisotopic (exact) mass is 332 g/mol. The summed E-state index contributed by atoms with van der Waals surface area (Å²) in [6, 6.07) is 0. The molecule has 6 nitrogen and oxygen atoms in total. The zero-order valence-electron chi connectivity index (χ0n) is 14.7. The number of rotatable bonds is 1. The van der Waals surface area contributed by atoms with Crippen molar-refractivity contribution in [1.82, 2.24) is 10.2 Å². The fraction of sp³-hybridized carbons (Fsp3) is 0.556. The van der Waals surface area contributed by atoms with Gasteiger partial charge in [0.15, 0.2) is 5.60 Å². The van der Waals surface area contributed by atoms with E-state index in [2.05, 4.69) is 5.32 Å². The molecular weight excluding hydrogens is 308 g/mol. The number of hydrogen-bond acceptors (Lipinski definition) is 4. The fourth-order valence-electron chi connectivity index (χ4n) is 3.54. The molecule has 1 atom stereocenters. The third-order valence-electron chi connectivity index (χ3n) is 5.30. The average molecular weight is 332 g/mol. The van der Waals surface area contributed by atoms with Gasteiger partial charge in [-0.25, -0.2) is 0 Å². The lowest BCUT2D eigenvalue weighted by atomic mass is 9.86. The highest BCUT2D eigenvalue weighted by molar-refractivity contribution is 5.90. The predicted molar refractivity (Wildman–Crippen MR) is 89.3 cm³/mol. The first-order valence-corrected chi connectivity index (χ1v) is 8.31. The van der Waals surface area contributed by atoms with Crippen LogP contribution in [0.1, 0.15) is 35.6 Å². The number of carbonyl (C=O) groups is 2. The van der Waals surface area contributed by atoms with Gasteiger partial charge in [0, 0.05) is 25.1 Å². The molecule has 2 N–H and O–H groups in total. The smallest absolute Gasteiger partial charge is 0.267 e.